The summed E-state index contributed by atoms with van der Waals surface area (Å²) in [5.74, 6) is 1.88. The summed E-state index contributed by atoms with van der Waals surface area (Å²) >= 11 is 0. The first-order chi connectivity index (χ1) is 12.1. The molecular formula is C19H26N4O2. The fraction of sp³-hybridized carbons (Fsp3) is 0.421. The lowest BCUT2D eigenvalue weighted by Gasteiger charge is -2.08. The number of hydrogen-bond acceptors (Lipinski definition) is 5. The van der Waals surface area contributed by atoms with E-state index < -0.39 is 0 Å². The lowest BCUT2D eigenvalue weighted by atomic mass is 10.1. The Morgan fingerprint density at radius 3 is 2.68 bits per heavy atom. The highest BCUT2D eigenvalue weighted by Crippen LogP contribution is 2.13. The van der Waals surface area contributed by atoms with E-state index >= 15 is 0 Å². The lowest BCUT2D eigenvalue weighted by Crippen LogP contribution is -2.26. The molecule has 1 aromatic heterocycles. The molecule has 2 rings (SSSR count). The maximum Gasteiger partial charge on any atom is 0.271 e. The van der Waals surface area contributed by atoms with E-state index in [2.05, 4.69) is 40.7 Å². The normalized spacial score (nSPS) is 10.6. The first kappa shape index (κ1) is 18.7. The number of amides is 1. The summed E-state index contributed by atoms with van der Waals surface area (Å²) in [6.07, 6.45) is 1.79. The minimum atomic E-state index is -0.184. The minimum Gasteiger partial charge on any atom is -0.497 e. The van der Waals surface area contributed by atoms with Crippen molar-refractivity contribution in [3.63, 3.8) is 0 Å². The van der Waals surface area contributed by atoms with Crippen molar-refractivity contribution in [3.05, 3.63) is 47.7 Å². The highest BCUT2D eigenvalue weighted by molar-refractivity contribution is 5.92. The molecule has 6 nitrogen and oxygen atoms in total. The summed E-state index contributed by atoms with van der Waals surface area (Å²) < 4.78 is 5.22. The Kier molecular flexibility index (Phi) is 7.19. The number of hydrogen-bond donors (Lipinski definition) is 2. The van der Waals surface area contributed by atoms with E-state index in [4.69, 9.17) is 4.74 Å². The highest BCUT2D eigenvalue weighted by Gasteiger charge is 2.08. The molecule has 1 heterocycles. The first-order valence-corrected chi connectivity index (χ1v) is 8.57. The first-order valence-electron chi connectivity index (χ1n) is 8.57. The van der Waals surface area contributed by atoms with Gasteiger partial charge in [0.05, 0.1) is 7.11 Å². The molecule has 0 saturated heterocycles. The van der Waals surface area contributed by atoms with Gasteiger partial charge in [0.25, 0.3) is 5.91 Å². The van der Waals surface area contributed by atoms with Crippen LogP contribution in [-0.2, 0) is 6.42 Å². The van der Waals surface area contributed by atoms with Gasteiger partial charge in [0.15, 0.2) is 5.69 Å². The van der Waals surface area contributed by atoms with Crippen LogP contribution in [0.25, 0.3) is 0 Å². The second-order valence-electron chi connectivity index (χ2n) is 6.27. The standard InChI is InChI=1S/C19H26N4O2/c1-14(2)9-11-21-19(24)17-7-8-18(23-22-17)20-12-10-15-5-4-6-16(13-15)25-3/h4-8,13-14H,9-12H2,1-3H3,(H,20,23)(H,21,24). The third-order valence-corrected chi connectivity index (χ3v) is 3.76. The SMILES string of the molecule is COc1cccc(CCNc2ccc(C(=O)NCCC(C)C)nn2)c1. The average Bonchev–Trinajstić information content (AvgIpc) is 2.62. The van der Waals surface area contributed by atoms with Gasteiger partial charge in [-0.3, -0.25) is 4.79 Å². The number of ether oxygens (including phenoxy) is 1. The van der Waals surface area contributed by atoms with Crippen molar-refractivity contribution < 1.29 is 9.53 Å². The molecule has 0 bridgehead atoms. The maximum atomic E-state index is 12.0. The fourth-order valence-corrected chi connectivity index (χ4v) is 2.28. The third-order valence-electron chi connectivity index (χ3n) is 3.76. The maximum absolute atomic E-state index is 12.0. The van der Waals surface area contributed by atoms with Gasteiger partial charge >= 0.3 is 0 Å². The van der Waals surface area contributed by atoms with Crippen molar-refractivity contribution in [2.24, 2.45) is 5.92 Å². The van der Waals surface area contributed by atoms with E-state index in [1.807, 2.05) is 18.2 Å². The van der Waals surface area contributed by atoms with E-state index in [1.54, 1.807) is 19.2 Å². The largest absolute Gasteiger partial charge is 0.497 e. The molecule has 0 aliphatic rings. The highest BCUT2D eigenvalue weighted by atomic mass is 16.5. The molecule has 1 aromatic carbocycles. The predicted molar refractivity (Wildman–Crippen MR) is 99.0 cm³/mol. The average molecular weight is 342 g/mol. The number of rotatable bonds is 9. The third kappa shape index (κ3) is 6.41. The molecular weight excluding hydrogens is 316 g/mol. The molecule has 6 heteroatoms. The van der Waals surface area contributed by atoms with Crippen molar-refractivity contribution in [2.75, 3.05) is 25.5 Å². The van der Waals surface area contributed by atoms with Crippen LogP contribution < -0.4 is 15.4 Å². The summed E-state index contributed by atoms with van der Waals surface area (Å²) in [6, 6.07) is 11.4. The van der Waals surface area contributed by atoms with Crippen molar-refractivity contribution in [2.45, 2.75) is 26.7 Å². The van der Waals surface area contributed by atoms with E-state index in [9.17, 15) is 4.79 Å². The molecule has 0 spiro atoms. The smallest absolute Gasteiger partial charge is 0.271 e. The van der Waals surface area contributed by atoms with Crippen molar-refractivity contribution in [1.82, 2.24) is 15.5 Å². The zero-order chi connectivity index (χ0) is 18.1. The second-order valence-corrected chi connectivity index (χ2v) is 6.27. The van der Waals surface area contributed by atoms with Crippen LogP contribution >= 0.6 is 0 Å². The summed E-state index contributed by atoms with van der Waals surface area (Å²) in [6.45, 7) is 5.62. The van der Waals surface area contributed by atoms with Gasteiger partial charge in [-0.2, -0.15) is 0 Å². The van der Waals surface area contributed by atoms with Crippen LogP contribution in [0.2, 0.25) is 0 Å². The number of carbonyl (C=O) groups excluding carboxylic acids is 1. The molecule has 2 N–H and O–H groups in total. The molecule has 0 radical (unpaired) electrons. The van der Waals surface area contributed by atoms with Gasteiger partial charge in [0, 0.05) is 13.1 Å². The molecule has 134 valence electrons. The quantitative estimate of drug-likeness (QED) is 0.733. The van der Waals surface area contributed by atoms with Gasteiger partial charge in [-0.25, -0.2) is 0 Å². The number of benzene rings is 1. The van der Waals surface area contributed by atoms with Crippen LogP contribution in [0, 0.1) is 5.92 Å². The Morgan fingerprint density at radius 2 is 2.00 bits per heavy atom. The minimum absolute atomic E-state index is 0.184. The van der Waals surface area contributed by atoms with Crippen molar-refractivity contribution in [3.8, 4) is 5.75 Å². The van der Waals surface area contributed by atoms with Gasteiger partial charge in [-0.05, 0) is 48.6 Å². The van der Waals surface area contributed by atoms with E-state index in [0.717, 1.165) is 25.1 Å². The van der Waals surface area contributed by atoms with Crippen LogP contribution in [0.15, 0.2) is 36.4 Å². The molecule has 25 heavy (non-hydrogen) atoms. The van der Waals surface area contributed by atoms with Crippen LogP contribution in [0.3, 0.4) is 0 Å². The summed E-state index contributed by atoms with van der Waals surface area (Å²) in [5.41, 5.74) is 1.52. The summed E-state index contributed by atoms with van der Waals surface area (Å²) in [5, 5.41) is 14.1. The summed E-state index contributed by atoms with van der Waals surface area (Å²) in [4.78, 5) is 12.0. The molecule has 2 aromatic rings. The molecule has 0 atom stereocenters. The van der Waals surface area contributed by atoms with Gasteiger partial charge < -0.3 is 15.4 Å². The molecule has 0 saturated carbocycles. The monoisotopic (exact) mass is 342 g/mol. The Bertz CT molecular complexity index is 671. The lowest BCUT2D eigenvalue weighted by molar-refractivity contribution is 0.0946. The Balaban J connectivity index is 1.78. The van der Waals surface area contributed by atoms with E-state index in [0.29, 0.717) is 24.0 Å². The number of carbonyl (C=O) groups is 1. The number of methoxy groups -OCH3 is 1. The van der Waals surface area contributed by atoms with Crippen molar-refractivity contribution in [1.29, 1.82) is 0 Å². The summed E-state index contributed by atoms with van der Waals surface area (Å²) in [7, 11) is 1.66. The number of nitrogens with one attached hydrogen (secondary N) is 2. The van der Waals surface area contributed by atoms with Gasteiger partial charge in [0.1, 0.15) is 11.6 Å². The fourth-order valence-electron chi connectivity index (χ4n) is 2.28. The molecule has 0 fully saturated rings. The Morgan fingerprint density at radius 1 is 1.16 bits per heavy atom. The van der Waals surface area contributed by atoms with Gasteiger partial charge in [-0.1, -0.05) is 26.0 Å². The Hall–Kier alpha value is -2.63. The van der Waals surface area contributed by atoms with Gasteiger partial charge in [-0.15, -0.1) is 10.2 Å². The van der Waals surface area contributed by atoms with Crippen LogP contribution in [0.5, 0.6) is 5.75 Å². The van der Waals surface area contributed by atoms with E-state index in [1.165, 1.54) is 5.56 Å². The molecule has 0 aliphatic heterocycles. The van der Waals surface area contributed by atoms with E-state index in [-0.39, 0.29) is 5.91 Å². The van der Waals surface area contributed by atoms with Crippen LogP contribution in [0.4, 0.5) is 5.82 Å². The van der Waals surface area contributed by atoms with Crippen LogP contribution in [-0.4, -0.2) is 36.3 Å². The Labute approximate surface area is 149 Å². The molecule has 0 unspecified atom stereocenters. The second kappa shape index (κ2) is 9.61. The van der Waals surface area contributed by atoms with Gasteiger partial charge in [0.2, 0.25) is 0 Å². The number of nitrogens with zero attached hydrogens (tertiary/aromatic N) is 2. The molecule has 1 amide bonds. The predicted octanol–water partition coefficient (Wildman–Crippen LogP) is 2.92. The number of aromatic nitrogens is 2. The zero-order valence-electron chi connectivity index (χ0n) is 15.1. The zero-order valence-corrected chi connectivity index (χ0v) is 15.1. The van der Waals surface area contributed by atoms with Crippen molar-refractivity contribution >= 4 is 11.7 Å². The number of anilines is 1. The van der Waals surface area contributed by atoms with Crippen LogP contribution in [0.1, 0.15) is 36.3 Å². The molecule has 0 aliphatic carbocycles. The topological polar surface area (TPSA) is 76.1 Å².